The SMILES string of the molecule is COC(=O)/C(=C/CCc1ccoc1)C[C@H](/C=C(\C)CCCc1ccoc1)OC(=O)[C@@](OC)(c1ccccc1)C(F)(F)F. The van der Waals surface area contributed by atoms with Crippen LogP contribution in [0.4, 0.5) is 13.2 Å². The molecule has 1 aromatic carbocycles. The summed E-state index contributed by atoms with van der Waals surface area (Å²) in [7, 11) is 2.02. The number of halogens is 3. The number of alkyl halides is 3. The minimum absolute atomic E-state index is 0.163. The Hall–Kier alpha value is -4.05. The molecule has 0 aliphatic heterocycles. The van der Waals surface area contributed by atoms with Crippen LogP contribution in [-0.2, 0) is 42.2 Å². The van der Waals surface area contributed by atoms with Crippen LogP contribution in [0, 0.1) is 0 Å². The van der Waals surface area contributed by atoms with E-state index < -0.39 is 35.4 Å². The monoisotopic (exact) mass is 588 g/mol. The zero-order chi connectivity index (χ0) is 30.6. The summed E-state index contributed by atoms with van der Waals surface area (Å²) in [4.78, 5) is 26.1. The minimum atomic E-state index is -5.14. The number of aryl methyl sites for hydroxylation is 2. The van der Waals surface area contributed by atoms with Crippen molar-refractivity contribution in [3.8, 4) is 0 Å². The summed E-state index contributed by atoms with van der Waals surface area (Å²) in [6.07, 6.45) is 5.99. The lowest BCUT2D eigenvalue weighted by atomic mass is 9.92. The molecule has 0 amide bonds. The maximum Gasteiger partial charge on any atom is 0.432 e. The summed E-state index contributed by atoms with van der Waals surface area (Å²) in [5, 5.41) is 0. The first-order valence-electron chi connectivity index (χ1n) is 13.5. The fraction of sp³-hybridized carbons (Fsp3) is 0.375. The number of methoxy groups -OCH3 is 2. The Kier molecular flexibility index (Phi) is 11.8. The van der Waals surface area contributed by atoms with E-state index in [4.69, 9.17) is 23.0 Å². The van der Waals surface area contributed by atoms with Gasteiger partial charge < -0.3 is 23.0 Å². The minimum Gasteiger partial charge on any atom is -0.472 e. The standard InChI is InChI=1S/C32H35F3O7/c1-23(9-7-10-24-15-17-40-21-24)19-28(20-26(29(36)38-2)12-8-11-25-16-18-41-22-25)42-30(37)31(39-3,32(33,34)35)27-13-5-4-6-14-27/h4-6,12-19,21-22,28H,7-11,20H2,1-3H3/b23-19+,26-12+/t28-,31-/m0/s1. The molecule has 3 aromatic rings. The summed E-state index contributed by atoms with van der Waals surface area (Å²) in [5.41, 5.74) is -0.939. The highest BCUT2D eigenvalue weighted by atomic mass is 19.4. The molecule has 10 heteroatoms. The van der Waals surface area contributed by atoms with Crippen LogP contribution in [-0.4, -0.2) is 38.4 Å². The Bertz CT molecular complexity index is 1310. The smallest absolute Gasteiger partial charge is 0.432 e. The molecule has 3 rings (SSSR count). The van der Waals surface area contributed by atoms with E-state index in [0.717, 1.165) is 48.8 Å². The molecule has 0 spiro atoms. The van der Waals surface area contributed by atoms with Crippen molar-refractivity contribution >= 4 is 11.9 Å². The van der Waals surface area contributed by atoms with E-state index in [-0.39, 0.29) is 12.0 Å². The Morgan fingerprint density at radius 1 is 0.952 bits per heavy atom. The molecule has 7 nitrogen and oxygen atoms in total. The van der Waals surface area contributed by atoms with Crippen LogP contribution in [0.2, 0.25) is 0 Å². The van der Waals surface area contributed by atoms with Gasteiger partial charge in [-0.3, -0.25) is 0 Å². The van der Waals surface area contributed by atoms with Crippen molar-refractivity contribution in [2.24, 2.45) is 0 Å². The molecule has 226 valence electrons. The van der Waals surface area contributed by atoms with Gasteiger partial charge in [-0.15, -0.1) is 0 Å². The Morgan fingerprint density at radius 2 is 1.60 bits per heavy atom. The number of allylic oxidation sites excluding steroid dienone is 2. The van der Waals surface area contributed by atoms with E-state index in [9.17, 15) is 22.8 Å². The van der Waals surface area contributed by atoms with Crippen molar-refractivity contribution in [3.05, 3.63) is 108 Å². The van der Waals surface area contributed by atoms with Crippen LogP contribution in [0.5, 0.6) is 0 Å². The molecular formula is C32H35F3O7. The third-order valence-corrected chi connectivity index (χ3v) is 6.79. The average Bonchev–Trinajstić information content (AvgIpc) is 3.67. The molecule has 0 N–H and O–H groups in total. The van der Waals surface area contributed by atoms with Gasteiger partial charge in [0.15, 0.2) is 0 Å². The Morgan fingerprint density at radius 3 is 2.14 bits per heavy atom. The number of rotatable bonds is 15. The van der Waals surface area contributed by atoms with Crippen molar-refractivity contribution in [2.45, 2.75) is 63.3 Å². The molecule has 0 fully saturated rings. The predicted molar refractivity (Wildman–Crippen MR) is 148 cm³/mol. The first-order chi connectivity index (χ1) is 20.1. The maximum absolute atomic E-state index is 14.5. The largest absolute Gasteiger partial charge is 0.472 e. The number of hydrogen-bond donors (Lipinski definition) is 0. The fourth-order valence-corrected chi connectivity index (χ4v) is 4.59. The molecule has 42 heavy (non-hydrogen) atoms. The van der Waals surface area contributed by atoms with Crippen molar-refractivity contribution in [2.75, 3.05) is 14.2 Å². The van der Waals surface area contributed by atoms with Gasteiger partial charge in [0.2, 0.25) is 0 Å². The molecule has 0 aliphatic carbocycles. The lowest BCUT2D eigenvalue weighted by molar-refractivity contribution is -0.277. The second kappa shape index (κ2) is 15.3. The van der Waals surface area contributed by atoms with Gasteiger partial charge in [0.1, 0.15) is 6.10 Å². The van der Waals surface area contributed by atoms with Crippen molar-refractivity contribution in [1.29, 1.82) is 0 Å². The lowest BCUT2D eigenvalue weighted by Gasteiger charge is -2.33. The lowest BCUT2D eigenvalue weighted by Crippen LogP contribution is -2.52. The van der Waals surface area contributed by atoms with E-state index in [1.807, 2.05) is 6.07 Å². The normalized spacial score (nSPS) is 14.7. The third-order valence-electron chi connectivity index (χ3n) is 6.79. The van der Waals surface area contributed by atoms with Gasteiger partial charge in [0.25, 0.3) is 5.60 Å². The molecule has 0 saturated heterocycles. The van der Waals surface area contributed by atoms with Crippen LogP contribution in [0.15, 0.2) is 99.6 Å². The van der Waals surface area contributed by atoms with Gasteiger partial charge in [-0.05, 0) is 68.4 Å². The van der Waals surface area contributed by atoms with Gasteiger partial charge in [-0.25, -0.2) is 9.59 Å². The first kappa shape index (κ1) is 32.5. The zero-order valence-electron chi connectivity index (χ0n) is 23.8. The summed E-state index contributed by atoms with van der Waals surface area (Å²) in [6.45, 7) is 1.79. The maximum atomic E-state index is 14.5. The average molecular weight is 589 g/mol. The molecule has 2 aromatic heterocycles. The van der Waals surface area contributed by atoms with Crippen LogP contribution in [0.25, 0.3) is 0 Å². The molecule has 0 aliphatic rings. The van der Waals surface area contributed by atoms with E-state index in [1.165, 1.54) is 31.6 Å². The predicted octanol–water partition coefficient (Wildman–Crippen LogP) is 7.28. The van der Waals surface area contributed by atoms with Crippen molar-refractivity contribution in [3.63, 3.8) is 0 Å². The zero-order valence-corrected chi connectivity index (χ0v) is 23.8. The first-order valence-corrected chi connectivity index (χ1v) is 13.5. The molecule has 0 radical (unpaired) electrons. The highest BCUT2D eigenvalue weighted by Crippen LogP contribution is 2.43. The van der Waals surface area contributed by atoms with Gasteiger partial charge in [0.05, 0.1) is 32.2 Å². The van der Waals surface area contributed by atoms with Crippen LogP contribution in [0.1, 0.15) is 49.3 Å². The highest BCUT2D eigenvalue weighted by molar-refractivity contribution is 5.88. The van der Waals surface area contributed by atoms with E-state index in [1.54, 1.807) is 43.9 Å². The fourth-order valence-electron chi connectivity index (χ4n) is 4.59. The summed E-state index contributed by atoms with van der Waals surface area (Å²) < 4.78 is 69.1. The third kappa shape index (κ3) is 8.48. The van der Waals surface area contributed by atoms with Crippen LogP contribution in [0.3, 0.4) is 0 Å². The molecule has 0 bridgehead atoms. The number of esters is 2. The van der Waals surface area contributed by atoms with E-state index in [2.05, 4.69) is 0 Å². The summed E-state index contributed by atoms with van der Waals surface area (Å²) in [5.74, 6) is -2.31. The Labute approximate surface area is 242 Å². The molecular weight excluding hydrogens is 553 g/mol. The molecule has 2 heterocycles. The topological polar surface area (TPSA) is 88.1 Å². The summed E-state index contributed by atoms with van der Waals surface area (Å²) in [6, 6.07) is 10.2. The van der Waals surface area contributed by atoms with Gasteiger partial charge in [-0.1, -0.05) is 42.0 Å². The highest BCUT2D eigenvalue weighted by Gasteiger charge is 2.64. The number of benzene rings is 1. The number of furan rings is 2. The number of hydrogen-bond acceptors (Lipinski definition) is 7. The second-order valence-electron chi connectivity index (χ2n) is 9.79. The van der Waals surface area contributed by atoms with E-state index >= 15 is 0 Å². The quantitative estimate of drug-likeness (QED) is 0.105. The van der Waals surface area contributed by atoms with Crippen molar-refractivity contribution in [1.82, 2.24) is 0 Å². The molecule has 0 unspecified atom stereocenters. The van der Waals surface area contributed by atoms with Gasteiger partial charge >= 0.3 is 18.1 Å². The van der Waals surface area contributed by atoms with Crippen LogP contribution < -0.4 is 0 Å². The second-order valence-corrected chi connectivity index (χ2v) is 9.79. The van der Waals surface area contributed by atoms with Crippen molar-refractivity contribution < 1.29 is 45.8 Å². The number of carbonyl (C=O) groups excluding carboxylic acids is 2. The number of carbonyl (C=O) groups is 2. The van der Waals surface area contributed by atoms with E-state index in [0.29, 0.717) is 19.3 Å². The van der Waals surface area contributed by atoms with Gasteiger partial charge in [0, 0.05) is 24.7 Å². The number of ether oxygens (including phenoxy) is 3. The molecule has 0 saturated carbocycles. The Balaban J connectivity index is 1.90. The van der Waals surface area contributed by atoms with Crippen LogP contribution >= 0.6 is 0 Å². The van der Waals surface area contributed by atoms with Gasteiger partial charge in [-0.2, -0.15) is 13.2 Å². The summed E-state index contributed by atoms with van der Waals surface area (Å²) >= 11 is 0. The molecule has 2 atom stereocenters.